The second kappa shape index (κ2) is 8.24. The monoisotopic (exact) mass is 294 g/mol. The van der Waals surface area contributed by atoms with Crippen LogP contribution < -0.4 is 5.32 Å². The zero-order valence-electron chi connectivity index (χ0n) is 12.5. The van der Waals surface area contributed by atoms with Crippen LogP contribution in [0.3, 0.4) is 0 Å². The molecule has 1 aromatic carbocycles. The van der Waals surface area contributed by atoms with Gasteiger partial charge in [0.25, 0.3) is 5.69 Å². The van der Waals surface area contributed by atoms with Gasteiger partial charge in [0.05, 0.1) is 10.5 Å². The van der Waals surface area contributed by atoms with Crippen molar-refractivity contribution in [1.29, 1.82) is 0 Å². The van der Waals surface area contributed by atoms with Gasteiger partial charge in [-0.15, -0.1) is 0 Å². The van der Waals surface area contributed by atoms with Gasteiger partial charge in [0.2, 0.25) is 0 Å². The van der Waals surface area contributed by atoms with E-state index in [1.165, 1.54) is 18.2 Å². The number of carboxylic acids is 1. The molecule has 1 unspecified atom stereocenters. The molecule has 6 heteroatoms. The van der Waals surface area contributed by atoms with Crippen molar-refractivity contribution in [2.24, 2.45) is 0 Å². The van der Waals surface area contributed by atoms with Crippen molar-refractivity contribution in [3.05, 3.63) is 33.9 Å². The number of rotatable bonds is 9. The van der Waals surface area contributed by atoms with Crippen LogP contribution in [0, 0.1) is 10.1 Å². The van der Waals surface area contributed by atoms with E-state index in [4.69, 9.17) is 5.11 Å². The highest BCUT2D eigenvalue weighted by Gasteiger charge is 2.19. The van der Waals surface area contributed by atoms with Gasteiger partial charge in [-0.25, -0.2) is 4.79 Å². The Morgan fingerprint density at radius 3 is 2.57 bits per heavy atom. The predicted molar refractivity (Wildman–Crippen MR) is 81.9 cm³/mol. The fourth-order valence-electron chi connectivity index (χ4n) is 2.25. The fourth-order valence-corrected chi connectivity index (χ4v) is 2.25. The third-order valence-electron chi connectivity index (χ3n) is 3.34. The summed E-state index contributed by atoms with van der Waals surface area (Å²) in [4.78, 5) is 21.6. The Hall–Kier alpha value is -2.11. The Morgan fingerprint density at radius 1 is 1.33 bits per heavy atom. The van der Waals surface area contributed by atoms with Crippen molar-refractivity contribution < 1.29 is 14.8 Å². The minimum atomic E-state index is -1.09. The zero-order valence-corrected chi connectivity index (χ0v) is 12.5. The number of benzene rings is 1. The molecule has 116 valence electrons. The molecule has 0 saturated heterocycles. The first-order valence-electron chi connectivity index (χ1n) is 7.27. The Labute approximate surface area is 124 Å². The molecule has 0 aromatic heterocycles. The highest BCUT2D eigenvalue weighted by molar-refractivity contribution is 5.90. The van der Waals surface area contributed by atoms with E-state index in [9.17, 15) is 14.9 Å². The van der Waals surface area contributed by atoms with Crippen LogP contribution in [-0.4, -0.2) is 22.0 Å². The van der Waals surface area contributed by atoms with E-state index in [0.29, 0.717) is 0 Å². The van der Waals surface area contributed by atoms with Crippen LogP contribution in [-0.2, 0) is 0 Å². The quantitative estimate of drug-likeness (QED) is 0.529. The van der Waals surface area contributed by atoms with E-state index in [0.717, 1.165) is 32.1 Å². The van der Waals surface area contributed by atoms with Gasteiger partial charge >= 0.3 is 5.97 Å². The second-order valence-corrected chi connectivity index (χ2v) is 5.07. The van der Waals surface area contributed by atoms with E-state index >= 15 is 0 Å². The summed E-state index contributed by atoms with van der Waals surface area (Å²) in [6, 6.07) is 3.97. The molecule has 0 aliphatic heterocycles. The standard InChI is InChI=1S/C15H22N2O4/c1-3-5-7-12(6-4-2)16-13-10-11(15(18)19)8-9-14(13)17(20)21/h8-10,12,16H,3-7H2,1-2H3,(H,18,19). The second-order valence-electron chi connectivity index (χ2n) is 5.07. The van der Waals surface area contributed by atoms with Crippen LogP contribution in [0.1, 0.15) is 56.3 Å². The Bertz CT molecular complexity index is 502. The first-order valence-corrected chi connectivity index (χ1v) is 7.27. The van der Waals surface area contributed by atoms with E-state index < -0.39 is 10.9 Å². The molecule has 1 atom stereocenters. The number of nitrogens with zero attached hydrogens (tertiary/aromatic N) is 1. The number of anilines is 1. The molecular formula is C15H22N2O4. The highest BCUT2D eigenvalue weighted by Crippen LogP contribution is 2.27. The van der Waals surface area contributed by atoms with Crippen LogP contribution >= 0.6 is 0 Å². The highest BCUT2D eigenvalue weighted by atomic mass is 16.6. The summed E-state index contributed by atoms with van der Waals surface area (Å²) < 4.78 is 0. The number of nitro benzene ring substituents is 1. The van der Waals surface area contributed by atoms with E-state index in [1.807, 2.05) is 0 Å². The number of nitro groups is 1. The molecule has 21 heavy (non-hydrogen) atoms. The van der Waals surface area contributed by atoms with Crippen molar-refractivity contribution in [3.8, 4) is 0 Å². The first kappa shape index (κ1) is 16.9. The maximum atomic E-state index is 11.1. The first-order chi connectivity index (χ1) is 9.99. The molecule has 0 radical (unpaired) electrons. The van der Waals surface area contributed by atoms with Gasteiger partial charge < -0.3 is 10.4 Å². The maximum Gasteiger partial charge on any atom is 0.335 e. The average Bonchev–Trinajstić information content (AvgIpc) is 2.44. The van der Waals surface area contributed by atoms with Gasteiger partial charge in [-0.1, -0.05) is 33.1 Å². The van der Waals surface area contributed by atoms with Gasteiger partial charge in [0.15, 0.2) is 0 Å². The smallest absolute Gasteiger partial charge is 0.335 e. The Morgan fingerprint density at radius 2 is 2.05 bits per heavy atom. The van der Waals surface area contributed by atoms with Gasteiger partial charge in [0, 0.05) is 12.1 Å². The van der Waals surface area contributed by atoms with Gasteiger partial charge in [-0.2, -0.15) is 0 Å². The van der Waals surface area contributed by atoms with E-state index in [1.54, 1.807) is 0 Å². The van der Waals surface area contributed by atoms with Crippen molar-refractivity contribution in [2.45, 2.75) is 52.0 Å². The summed E-state index contributed by atoms with van der Waals surface area (Å²) in [7, 11) is 0. The summed E-state index contributed by atoms with van der Waals surface area (Å²) in [6.45, 7) is 4.15. The number of hydrogen-bond donors (Lipinski definition) is 2. The maximum absolute atomic E-state index is 11.1. The van der Waals surface area contributed by atoms with Crippen molar-refractivity contribution in [2.75, 3.05) is 5.32 Å². The van der Waals surface area contributed by atoms with Gasteiger partial charge in [-0.3, -0.25) is 10.1 Å². The molecule has 0 spiro atoms. The molecule has 0 saturated carbocycles. The van der Waals surface area contributed by atoms with Crippen molar-refractivity contribution >= 4 is 17.3 Å². The number of carboxylic acid groups (broad SMARTS) is 1. The Balaban J connectivity index is 3.03. The zero-order chi connectivity index (χ0) is 15.8. The third-order valence-corrected chi connectivity index (χ3v) is 3.34. The molecule has 1 aromatic rings. The third kappa shape index (κ3) is 5.06. The lowest BCUT2D eigenvalue weighted by molar-refractivity contribution is -0.384. The Kier molecular flexibility index (Phi) is 6.65. The summed E-state index contributed by atoms with van der Waals surface area (Å²) in [6.07, 6.45) is 4.87. The SMILES string of the molecule is CCCCC(CCC)Nc1cc(C(=O)O)ccc1[N+](=O)[O-]. The lowest BCUT2D eigenvalue weighted by Gasteiger charge is -2.19. The number of nitrogens with one attached hydrogen (secondary N) is 1. The fraction of sp³-hybridized carbons (Fsp3) is 0.533. The molecule has 0 aliphatic rings. The normalized spacial score (nSPS) is 11.9. The molecule has 6 nitrogen and oxygen atoms in total. The molecule has 1 rings (SSSR count). The predicted octanol–water partition coefficient (Wildman–Crippen LogP) is 4.06. The summed E-state index contributed by atoms with van der Waals surface area (Å²) in [5.74, 6) is -1.09. The van der Waals surface area contributed by atoms with Crippen LogP contribution in [0.2, 0.25) is 0 Å². The summed E-state index contributed by atoms with van der Waals surface area (Å²) in [5.41, 5.74) is 0.251. The largest absolute Gasteiger partial charge is 0.478 e. The minimum absolute atomic E-state index is 0.0499. The topological polar surface area (TPSA) is 92.5 Å². The van der Waals surface area contributed by atoms with Crippen LogP contribution in [0.25, 0.3) is 0 Å². The minimum Gasteiger partial charge on any atom is -0.478 e. The van der Waals surface area contributed by atoms with Crippen molar-refractivity contribution in [1.82, 2.24) is 0 Å². The lowest BCUT2D eigenvalue weighted by atomic mass is 10.0. The molecule has 0 bridgehead atoms. The molecule has 0 amide bonds. The van der Waals surface area contributed by atoms with E-state index in [2.05, 4.69) is 19.2 Å². The van der Waals surface area contributed by atoms with Gasteiger partial charge in [0.1, 0.15) is 5.69 Å². The van der Waals surface area contributed by atoms with Crippen molar-refractivity contribution in [3.63, 3.8) is 0 Å². The number of carbonyl (C=O) groups is 1. The average molecular weight is 294 g/mol. The van der Waals surface area contributed by atoms with E-state index in [-0.39, 0.29) is 23.0 Å². The number of unbranched alkanes of at least 4 members (excludes halogenated alkanes) is 1. The van der Waals surface area contributed by atoms with Crippen LogP contribution in [0.5, 0.6) is 0 Å². The van der Waals surface area contributed by atoms with Gasteiger partial charge in [-0.05, 0) is 25.0 Å². The van der Waals surface area contributed by atoms with Crippen LogP contribution in [0.4, 0.5) is 11.4 Å². The molecular weight excluding hydrogens is 272 g/mol. The molecule has 0 aliphatic carbocycles. The summed E-state index contributed by atoms with van der Waals surface area (Å²) >= 11 is 0. The molecule has 0 heterocycles. The molecule has 0 fully saturated rings. The lowest BCUT2D eigenvalue weighted by Crippen LogP contribution is -2.20. The summed E-state index contributed by atoms with van der Waals surface area (Å²) in [5, 5.41) is 23.2. The molecule has 2 N–H and O–H groups in total. The number of aromatic carboxylic acids is 1. The van der Waals surface area contributed by atoms with Crippen LogP contribution in [0.15, 0.2) is 18.2 Å². The number of hydrogen-bond acceptors (Lipinski definition) is 4.